The summed E-state index contributed by atoms with van der Waals surface area (Å²) in [5.74, 6) is 0. The Bertz CT molecular complexity index is 400. The molecule has 0 aliphatic carbocycles. The van der Waals surface area contributed by atoms with Crippen LogP contribution in [0.25, 0.3) is 0 Å². The normalized spacial score (nSPS) is 14.2. The van der Waals surface area contributed by atoms with Crippen LogP contribution < -0.4 is 0 Å². The fourth-order valence-electron chi connectivity index (χ4n) is 3.49. The monoisotopic (exact) mass is 458 g/mol. The third-order valence-corrected chi connectivity index (χ3v) is 13.8. The average molecular weight is 459 g/mol. The minimum absolute atomic E-state index is 0.164. The summed E-state index contributed by atoms with van der Waals surface area (Å²) in [5, 5.41) is 0.164. The molecule has 6 heteroatoms. The fraction of sp³-hybridized carbons (Fsp3) is 0.833. The molecule has 0 bridgehead atoms. The Hall–Kier alpha value is -0.246. The summed E-state index contributed by atoms with van der Waals surface area (Å²) in [4.78, 5) is 0. The van der Waals surface area contributed by atoms with Gasteiger partial charge < -0.3 is 17.7 Å². The summed E-state index contributed by atoms with van der Waals surface area (Å²) in [6, 6.07) is 0. The van der Waals surface area contributed by atoms with Crippen molar-refractivity contribution in [2.24, 2.45) is 0 Å². The molecular weight excluding hydrogens is 408 g/mol. The molecule has 0 unspecified atom stereocenters. The summed E-state index contributed by atoms with van der Waals surface area (Å²) in [6.45, 7) is 18.1. The van der Waals surface area contributed by atoms with Crippen LogP contribution in [0.15, 0.2) is 23.6 Å². The molecule has 178 valence electrons. The summed E-state index contributed by atoms with van der Waals surface area (Å²) < 4.78 is 26.9. The van der Waals surface area contributed by atoms with Gasteiger partial charge in [0.1, 0.15) is 0 Å². The van der Waals surface area contributed by atoms with Gasteiger partial charge in [0.05, 0.1) is 5.16 Å². The van der Waals surface area contributed by atoms with Gasteiger partial charge in [-0.25, -0.2) is 0 Å². The van der Waals surface area contributed by atoms with Gasteiger partial charge >= 0.3 is 17.1 Å². The molecule has 0 heterocycles. The van der Waals surface area contributed by atoms with Gasteiger partial charge in [-0.15, -0.1) is 0 Å². The number of hydrogen-bond donors (Lipinski definition) is 0. The third kappa shape index (κ3) is 9.92. The van der Waals surface area contributed by atoms with Crippen molar-refractivity contribution in [1.29, 1.82) is 0 Å². The maximum atomic E-state index is 6.71. The van der Waals surface area contributed by atoms with Crippen molar-refractivity contribution >= 4 is 17.1 Å². The molecule has 0 fully saturated rings. The van der Waals surface area contributed by atoms with Gasteiger partial charge in [-0.3, -0.25) is 0 Å². The zero-order valence-corrected chi connectivity index (χ0v) is 23.0. The molecule has 0 spiro atoms. The summed E-state index contributed by atoms with van der Waals surface area (Å²) in [5.41, 5.74) is 4.59. The Morgan fingerprint density at radius 3 is 1.10 bits per heavy atom. The van der Waals surface area contributed by atoms with E-state index in [1.165, 1.54) is 0 Å². The Morgan fingerprint density at radius 1 is 0.533 bits per heavy atom. The highest BCUT2D eigenvalue weighted by molar-refractivity contribution is 6.93. The van der Waals surface area contributed by atoms with E-state index in [4.69, 9.17) is 17.7 Å². The fourth-order valence-corrected chi connectivity index (χ4v) is 13.7. The van der Waals surface area contributed by atoms with E-state index in [1.807, 2.05) is 0 Å². The first-order valence-electron chi connectivity index (χ1n) is 12.5. The maximum Gasteiger partial charge on any atom is 0.370 e. The maximum absolute atomic E-state index is 6.71. The second kappa shape index (κ2) is 18.3. The first-order valence-corrected chi connectivity index (χ1v) is 16.4. The highest BCUT2D eigenvalue weighted by Gasteiger charge is 2.58. The minimum atomic E-state index is -2.71. The second-order valence-corrected chi connectivity index (χ2v) is 14.5. The molecule has 0 radical (unpaired) electrons. The van der Waals surface area contributed by atoms with Crippen molar-refractivity contribution in [3.05, 3.63) is 23.6 Å². The highest BCUT2D eigenvalue weighted by atomic mass is 28.4. The van der Waals surface area contributed by atoms with Crippen LogP contribution in [-0.4, -0.2) is 43.5 Å². The third-order valence-electron chi connectivity index (χ3n) is 4.85. The molecule has 4 nitrogen and oxygen atoms in total. The Kier molecular flexibility index (Phi) is 18.2. The van der Waals surface area contributed by atoms with Crippen LogP contribution in [0, 0.1) is 0 Å². The van der Waals surface area contributed by atoms with E-state index in [0.29, 0.717) is 26.4 Å². The van der Waals surface area contributed by atoms with Crippen LogP contribution >= 0.6 is 0 Å². The summed E-state index contributed by atoms with van der Waals surface area (Å²) in [7, 11) is -5.43. The van der Waals surface area contributed by atoms with Gasteiger partial charge in [0.2, 0.25) is 0 Å². The van der Waals surface area contributed by atoms with E-state index in [-0.39, 0.29) is 5.16 Å². The lowest BCUT2D eigenvalue weighted by Crippen LogP contribution is -2.60. The molecule has 0 rings (SSSR count). The van der Waals surface area contributed by atoms with Gasteiger partial charge in [0, 0.05) is 26.4 Å². The molecule has 0 saturated heterocycles. The van der Waals surface area contributed by atoms with E-state index < -0.39 is 17.1 Å². The molecule has 0 saturated carbocycles. The first kappa shape index (κ1) is 29.8. The molecular formula is C24H50O4Si2. The molecule has 0 amide bonds. The highest BCUT2D eigenvalue weighted by Crippen LogP contribution is 2.41. The van der Waals surface area contributed by atoms with Gasteiger partial charge in [-0.1, -0.05) is 67.0 Å². The van der Waals surface area contributed by atoms with Crippen LogP contribution in [0.4, 0.5) is 0 Å². The smallest absolute Gasteiger partial charge is 0.370 e. The quantitative estimate of drug-likeness (QED) is 0.179. The van der Waals surface area contributed by atoms with Crippen LogP contribution in [0.2, 0.25) is 5.16 Å². The predicted octanol–water partition coefficient (Wildman–Crippen LogP) is 7.30. The Balaban J connectivity index is 6.61. The van der Waals surface area contributed by atoms with Crippen LogP contribution in [0.5, 0.6) is 0 Å². The average Bonchev–Trinajstić information content (AvgIpc) is 2.77. The van der Waals surface area contributed by atoms with Gasteiger partial charge in [0.25, 0.3) is 0 Å². The lowest BCUT2D eigenvalue weighted by Gasteiger charge is -2.43. The molecule has 0 aliphatic rings. The standard InChI is InChI=1S/C24H50O4Si2/c1-8-15-22-29(25-18-11-4,26-19-12-5)24(17-10-3)30(23-16-9-2,27-20-13-6)28-21-14-7/h15-16,22-24H,8-14,17-21H2,1-7H3. The van der Waals surface area contributed by atoms with Crippen molar-refractivity contribution in [1.82, 2.24) is 0 Å². The van der Waals surface area contributed by atoms with E-state index in [9.17, 15) is 0 Å². The number of allylic oxidation sites excluding steroid dienone is 2. The van der Waals surface area contributed by atoms with Crippen LogP contribution in [0.1, 0.15) is 99.8 Å². The van der Waals surface area contributed by atoms with Crippen molar-refractivity contribution in [2.75, 3.05) is 26.4 Å². The molecule has 0 atom stereocenters. The number of rotatable bonds is 20. The molecule has 0 aromatic rings. The first-order chi connectivity index (χ1) is 14.6. The number of hydrogen-bond acceptors (Lipinski definition) is 4. The van der Waals surface area contributed by atoms with Crippen molar-refractivity contribution in [3.8, 4) is 0 Å². The van der Waals surface area contributed by atoms with E-state index in [2.05, 4.69) is 72.0 Å². The van der Waals surface area contributed by atoms with E-state index in [1.54, 1.807) is 0 Å². The lowest BCUT2D eigenvalue weighted by molar-refractivity contribution is 0.144. The SMILES string of the molecule is CCC=C[Si](OCCC)(OCCC)C(CCC)[Si](C=CCC)(OCCC)OCCC. The topological polar surface area (TPSA) is 36.9 Å². The van der Waals surface area contributed by atoms with Gasteiger partial charge in [-0.2, -0.15) is 0 Å². The largest absolute Gasteiger partial charge is 0.391 e. The van der Waals surface area contributed by atoms with Crippen molar-refractivity contribution < 1.29 is 17.7 Å². The molecule has 30 heavy (non-hydrogen) atoms. The van der Waals surface area contributed by atoms with Gasteiger partial charge in [-0.05, 0) is 56.3 Å². The Labute approximate surface area is 189 Å². The predicted molar refractivity (Wildman–Crippen MR) is 134 cm³/mol. The van der Waals surface area contributed by atoms with E-state index in [0.717, 1.165) is 51.4 Å². The Morgan fingerprint density at radius 2 is 0.867 bits per heavy atom. The van der Waals surface area contributed by atoms with Crippen LogP contribution in [-0.2, 0) is 17.7 Å². The van der Waals surface area contributed by atoms with E-state index >= 15 is 0 Å². The zero-order chi connectivity index (χ0) is 22.7. The van der Waals surface area contributed by atoms with Crippen molar-refractivity contribution in [3.63, 3.8) is 0 Å². The molecule has 0 N–H and O–H groups in total. The molecule has 0 aliphatic heterocycles. The van der Waals surface area contributed by atoms with Gasteiger partial charge in [0.15, 0.2) is 0 Å². The summed E-state index contributed by atoms with van der Waals surface area (Å²) >= 11 is 0. The minimum Gasteiger partial charge on any atom is -0.391 e. The lowest BCUT2D eigenvalue weighted by atomic mass is 10.4. The molecule has 0 aromatic heterocycles. The summed E-state index contributed by atoms with van der Waals surface area (Å²) in [6.07, 6.45) is 12.4. The van der Waals surface area contributed by atoms with Crippen LogP contribution in [0.3, 0.4) is 0 Å². The molecule has 0 aromatic carbocycles. The second-order valence-electron chi connectivity index (χ2n) is 7.80. The zero-order valence-electron chi connectivity index (χ0n) is 21.0. The van der Waals surface area contributed by atoms with Crippen molar-refractivity contribution in [2.45, 2.75) is 105 Å².